The van der Waals surface area contributed by atoms with Crippen LogP contribution in [0.2, 0.25) is 10.0 Å². The number of benzene rings is 2. The Balaban J connectivity index is 1.27. The molecular formula is C25H25Cl2N3O6S2. The molecule has 0 bridgehead atoms. The molecule has 2 heterocycles. The molecule has 0 aromatic heterocycles. The number of nitrogens with zero attached hydrogens (tertiary/aromatic N) is 2. The van der Waals surface area contributed by atoms with Gasteiger partial charge in [0.15, 0.2) is 0 Å². The Hall–Kier alpha value is -2.57. The van der Waals surface area contributed by atoms with Crippen LogP contribution in [-0.4, -0.2) is 68.0 Å². The highest BCUT2D eigenvalue weighted by atomic mass is 35.5. The van der Waals surface area contributed by atoms with Gasteiger partial charge in [0.25, 0.3) is 11.1 Å². The summed E-state index contributed by atoms with van der Waals surface area (Å²) in [4.78, 5) is 39.1. The molecule has 0 saturated carbocycles. The molecule has 202 valence electrons. The fourth-order valence-electron chi connectivity index (χ4n) is 4.16. The molecule has 2 aromatic carbocycles. The van der Waals surface area contributed by atoms with Gasteiger partial charge >= 0.3 is 0 Å². The second kappa shape index (κ2) is 12.1. The molecule has 0 spiro atoms. The summed E-state index contributed by atoms with van der Waals surface area (Å²) >= 11 is 12.9. The molecule has 13 heteroatoms. The number of halogens is 2. The maximum absolute atomic E-state index is 13.0. The SMILES string of the molecule is COc1ccc(/C=C2\SC(=O)N(CCNC(=O)C3CCN(S(=O)(=O)c4cccc(Cl)c4Cl)CC3)C2=O)cc1. The van der Waals surface area contributed by atoms with E-state index in [2.05, 4.69) is 5.32 Å². The number of piperidine rings is 1. The molecule has 0 radical (unpaired) electrons. The zero-order valence-electron chi connectivity index (χ0n) is 20.4. The van der Waals surface area contributed by atoms with Crippen LogP contribution in [0.25, 0.3) is 6.08 Å². The first kappa shape index (κ1) is 28.4. The average molecular weight is 599 g/mol. The smallest absolute Gasteiger partial charge is 0.293 e. The number of thioether (sulfide) groups is 1. The van der Waals surface area contributed by atoms with Crippen molar-refractivity contribution >= 4 is 68.1 Å². The van der Waals surface area contributed by atoms with Gasteiger partial charge in [0.05, 0.1) is 22.1 Å². The molecule has 0 atom stereocenters. The van der Waals surface area contributed by atoms with Crippen LogP contribution >= 0.6 is 35.0 Å². The lowest BCUT2D eigenvalue weighted by molar-refractivity contribution is -0.127. The second-order valence-electron chi connectivity index (χ2n) is 8.63. The standard InChI is InChI=1S/C25H25Cl2N3O6S2/c1-36-18-7-5-16(6-8-18)15-20-24(32)30(25(33)37-20)14-11-28-23(31)17-9-12-29(13-10-17)38(34,35)21-4-2-3-19(26)22(21)27/h2-8,15,17H,9-14H2,1H3,(H,28,31)/b20-15-. The molecule has 0 aliphatic carbocycles. The molecular weight excluding hydrogens is 573 g/mol. The first-order valence-electron chi connectivity index (χ1n) is 11.7. The molecule has 2 aromatic rings. The quantitative estimate of drug-likeness (QED) is 0.452. The lowest BCUT2D eigenvalue weighted by atomic mass is 9.97. The summed E-state index contributed by atoms with van der Waals surface area (Å²) < 4.78 is 32.4. The Morgan fingerprint density at radius 3 is 2.47 bits per heavy atom. The predicted molar refractivity (Wildman–Crippen MR) is 147 cm³/mol. The average Bonchev–Trinajstić information content (AvgIpc) is 3.17. The Morgan fingerprint density at radius 1 is 1.13 bits per heavy atom. The van der Waals surface area contributed by atoms with Crippen LogP contribution in [0.15, 0.2) is 52.3 Å². The van der Waals surface area contributed by atoms with Gasteiger partial charge in [-0.05, 0) is 60.5 Å². The Morgan fingerprint density at radius 2 is 1.82 bits per heavy atom. The van der Waals surface area contributed by atoms with E-state index in [0.29, 0.717) is 23.5 Å². The Labute approximate surface area is 235 Å². The van der Waals surface area contributed by atoms with Crippen LogP contribution in [0.4, 0.5) is 4.79 Å². The minimum absolute atomic E-state index is 0.0276. The monoisotopic (exact) mass is 597 g/mol. The number of carbonyl (C=O) groups excluding carboxylic acids is 3. The molecule has 2 aliphatic rings. The van der Waals surface area contributed by atoms with E-state index in [-0.39, 0.29) is 52.9 Å². The maximum Gasteiger partial charge on any atom is 0.293 e. The zero-order valence-corrected chi connectivity index (χ0v) is 23.5. The summed E-state index contributed by atoms with van der Waals surface area (Å²) in [6.07, 6.45) is 2.30. The summed E-state index contributed by atoms with van der Waals surface area (Å²) in [7, 11) is -2.29. The van der Waals surface area contributed by atoms with Crippen molar-refractivity contribution in [3.63, 3.8) is 0 Å². The van der Waals surface area contributed by atoms with E-state index < -0.39 is 21.2 Å². The van der Waals surface area contributed by atoms with Crippen LogP contribution in [0.3, 0.4) is 0 Å². The van der Waals surface area contributed by atoms with Gasteiger partial charge in [0.1, 0.15) is 10.6 Å². The number of methoxy groups -OCH3 is 1. The third-order valence-corrected chi connectivity index (χ3v) is 10.1. The predicted octanol–water partition coefficient (Wildman–Crippen LogP) is 4.26. The Kier molecular flexibility index (Phi) is 9.04. The third kappa shape index (κ3) is 6.18. The Bertz CT molecular complexity index is 1370. The molecule has 1 N–H and O–H groups in total. The van der Waals surface area contributed by atoms with Crippen molar-refractivity contribution in [2.45, 2.75) is 17.7 Å². The van der Waals surface area contributed by atoms with Gasteiger partial charge in [-0.3, -0.25) is 19.3 Å². The van der Waals surface area contributed by atoms with E-state index in [1.807, 2.05) is 0 Å². The van der Waals surface area contributed by atoms with Gasteiger partial charge in [0.2, 0.25) is 15.9 Å². The van der Waals surface area contributed by atoms with E-state index in [9.17, 15) is 22.8 Å². The molecule has 3 amide bonds. The number of nitrogens with one attached hydrogen (secondary N) is 1. The van der Waals surface area contributed by atoms with Crippen molar-refractivity contribution < 1.29 is 27.5 Å². The van der Waals surface area contributed by atoms with Gasteiger partial charge in [-0.25, -0.2) is 8.42 Å². The van der Waals surface area contributed by atoms with Crippen LogP contribution in [-0.2, 0) is 19.6 Å². The molecule has 0 unspecified atom stereocenters. The van der Waals surface area contributed by atoms with Gasteiger partial charge < -0.3 is 10.1 Å². The van der Waals surface area contributed by atoms with Gasteiger partial charge in [-0.1, -0.05) is 41.4 Å². The van der Waals surface area contributed by atoms with Crippen molar-refractivity contribution in [1.82, 2.24) is 14.5 Å². The zero-order chi connectivity index (χ0) is 27.4. The van der Waals surface area contributed by atoms with Crippen molar-refractivity contribution in [2.24, 2.45) is 5.92 Å². The summed E-state index contributed by atoms with van der Waals surface area (Å²) in [5.41, 5.74) is 0.760. The van der Waals surface area contributed by atoms with E-state index >= 15 is 0 Å². The van der Waals surface area contributed by atoms with Gasteiger partial charge in [-0.2, -0.15) is 4.31 Å². The number of rotatable bonds is 8. The lowest BCUT2D eigenvalue weighted by Gasteiger charge is -2.31. The molecule has 38 heavy (non-hydrogen) atoms. The van der Waals surface area contributed by atoms with E-state index in [4.69, 9.17) is 27.9 Å². The van der Waals surface area contributed by atoms with Crippen molar-refractivity contribution in [2.75, 3.05) is 33.3 Å². The number of imide groups is 1. The fraction of sp³-hybridized carbons (Fsp3) is 0.320. The van der Waals surface area contributed by atoms with E-state index in [1.54, 1.807) is 37.5 Å². The van der Waals surface area contributed by atoms with E-state index in [0.717, 1.165) is 22.2 Å². The molecule has 2 aliphatic heterocycles. The number of hydrogen-bond donors (Lipinski definition) is 1. The topological polar surface area (TPSA) is 113 Å². The van der Waals surface area contributed by atoms with Crippen molar-refractivity contribution in [3.05, 3.63) is 63.0 Å². The minimum Gasteiger partial charge on any atom is -0.497 e. The van der Waals surface area contributed by atoms with Crippen LogP contribution < -0.4 is 10.1 Å². The highest BCUT2D eigenvalue weighted by Gasteiger charge is 2.36. The summed E-state index contributed by atoms with van der Waals surface area (Å²) in [6.45, 7) is 0.450. The highest BCUT2D eigenvalue weighted by Crippen LogP contribution is 2.33. The van der Waals surface area contributed by atoms with Crippen LogP contribution in [0, 0.1) is 5.92 Å². The normalized spacial score (nSPS) is 18.3. The first-order valence-corrected chi connectivity index (χ1v) is 14.7. The number of amides is 3. The summed E-state index contributed by atoms with van der Waals surface area (Å²) in [5, 5.41) is 2.49. The highest BCUT2D eigenvalue weighted by molar-refractivity contribution is 8.18. The number of carbonyl (C=O) groups is 3. The third-order valence-electron chi connectivity index (χ3n) is 6.28. The van der Waals surface area contributed by atoms with Crippen molar-refractivity contribution in [3.8, 4) is 5.75 Å². The molecule has 4 rings (SSSR count). The van der Waals surface area contributed by atoms with Gasteiger partial charge in [-0.15, -0.1) is 0 Å². The van der Waals surface area contributed by atoms with Crippen molar-refractivity contribution in [1.29, 1.82) is 0 Å². The molecule has 9 nitrogen and oxygen atoms in total. The fourth-order valence-corrected chi connectivity index (χ4v) is 7.23. The summed E-state index contributed by atoms with van der Waals surface area (Å²) in [5.74, 6) is -0.364. The molecule has 2 fully saturated rings. The van der Waals surface area contributed by atoms with Crippen LogP contribution in [0.1, 0.15) is 18.4 Å². The van der Waals surface area contributed by atoms with Gasteiger partial charge in [0, 0.05) is 32.1 Å². The minimum atomic E-state index is -3.85. The van der Waals surface area contributed by atoms with Crippen LogP contribution in [0.5, 0.6) is 5.75 Å². The number of ether oxygens (including phenoxy) is 1. The first-order chi connectivity index (χ1) is 18.1. The largest absolute Gasteiger partial charge is 0.497 e. The number of hydrogen-bond acceptors (Lipinski definition) is 7. The lowest BCUT2D eigenvalue weighted by Crippen LogP contribution is -2.44. The number of sulfonamides is 1. The second-order valence-corrected chi connectivity index (χ2v) is 12.3. The summed E-state index contributed by atoms with van der Waals surface area (Å²) in [6, 6.07) is 11.5. The van der Waals surface area contributed by atoms with E-state index in [1.165, 1.54) is 22.5 Å². The molecule has 2 saturated heterocycles. The maximum atomic E-state index is 13.0.